The lowest BCUT2D eigenvalue weighted by Crippen LogP contribution is -2.33. The van der Waals surface area contributed by atoms with Crippen LogP contribution < -0.4 is 16.4 Å². The molecule has 3 heterocycles. The maximum absolute atomic E-state index is 6.08. The zero-order valence-corrected chi connectivity index (χ0v) is 20.0. The summed E-state index contributed by atoms with van der Waals surface area (Å²) in [5, 5.41) is 11.4. The Labute approximate surface area is 198 Å². The van der Waals surface area contributed by atoms with Gasteiger partial charge in [0.05, 0.1) is 6.33 Å². The Morgan fingerprint density at radius 1 is 1.12 bits per heavy atom. The van der Waals surface area contributed by atoms with Crippen LogP contribution >= 0.6 is 11.3 Å². The van der Waals surface area contributed by atoms with Gasteiger partial charge in [-0.1, -0.05) is 18.2 Å². The van der Waals surface area contributed by atoms with Crippen LogP contribution in [0.15, 0.2) is 47.4 Å². The van der Waals surface area contributed by atoms with E-state index in [1.807, 2.05) is 6.33 Å². The second-order valence-corrected chi connectivity index (χ2v) is 9.92. The lowest BCUT2D eigenvalue weighted by atomic mass is 9.92. The summed E-state index contributed by atoms with van der Waals surface area (Å²) in [6.07, 6.45) is 6.02. The first-order chi connectivity index (χ1) is 16.1. The fraction of sp³-hybridized carbons (Fsp3) is 0.400. The SMILES string of the molecule is CC(C)n1cnc2c(NCc3cccc(-c4ccsc4)c3)nc(NC3CCC(N)CC3)nc21. The molecule has 1 saturated carbocycles. The number of benzene rings is 1. The fourth-order valence-electron chi connectivity index (χ4n) is 4.40. The predicted molar refractivity (Wildman–Crippen MR) is 137 cm³/mol. The predicted octanol–water partition coefficient (Wildman–Crippen LogP) is 5.43. The Morgan fingerprint density at radius 2 is 1.97 bits per heavy atom. The van der Waals surface area contributed by atoms with E-state index in [-0.39, 0.29) is 6.04 Å². The molecule has 0 amide bonds. The number of hydrogen-bond acceptors (Lipinski definition) is 7. The summed E-state index contributed by atoms with van der Waals surface area (Å²) in [6.45, 7) is 4.94. The molecule has 33 heavy (non-hydrogen) atoms. The van der Waals surface area contributed by atoms with Crippen molar-refractivity contribution in [1.82, 2.24) is 19.5 Å². The standard InChI is InChI=1S/C25H31N7S/c1-16(2)32-15-28-22-23(27-13-17-4-3-5-18(12-17)19-10-11-33-14-19)30-25(31-24(22)32)29-21-8-6-20(26)7-9-21/h3-5,10-12,14-16,20-21H,6-9,13,26H2,1-2H3,(H2,27,29,30,31). The molecule has 0 saturated heterocycles. The van der Waals surface area contributed by atoms with Crippen LogP contribution in [0.1, 0.15) is 51.1 Å². The Balaban J connectivity index is 1.41. The van der Waals surface area contributed by atoms with E-state index in [9.17, 15) is 0 Å². The van der Waals surface area contributed by atoms with Crippen LogP contribution in [0.4, 0.5) is 11.8 Å². The molecule has 1 aromatic carbocycles. The van der Waals surface area contributed by atoms with Gasteiger partial charge < -0.3 is 20.9 Å². The summed E-state index contributed by atoms with van der Waals surface area (Å²) in [5.74, 6) is 1.41. The summed E-state index contributed by atoms with van der Waals surface area (Å²) < 4.78 is 2.10. The Morgan fingerprint density at radius 3 is 2.73 bits per heavy atom. The van der Waals surface area contributed by atoms with Crippen molar-refractivity contribution in [2.24, 2.45) is 5.73 Å². The first-order valence-corrected chi connectivity index (χ1v) is 12.6. The number of fused-ring (bicyclic) bond motifs is 1. The first-order valence-electron chi connectivity index (χ1n) is 11.7. The number of nitrogens with two attached hydrogens (primary N) is 1. The molecule has 0 bridgehead atoms. The Bertz CT molecular complexity index is 1210. The fourth-order valence-corrected chi connectivity index (χ4v) is 5.07. The second-order valence-electron chi connectivity index (χ2n) is 9.14. The van der Waals surface area contributed by atoms with Crippen molar-refractivity contribution >= 4 is 34.3 Å². The molecule has 0 radical (unpaired) electrons. The van der Waals surface area contributed by atoms with Gasteiger partial charge in [-0.15, -0.1) is 0 Å². The van der Waals surface area contributed by atoms with Crippen LogP contribution in [-0.2, 0) is 6.54 Å². The molecule has 8 heteroatoms. The number of hydrogen-bond donors (Lipinski definition) is 3. The minimum Gasteiger partial charge on any atom is -0.364 e. The maximum Gasteiger partial charge on any atom is 0.227 e. The van der Waals surface area contributed by atoms with Crippen LogP contribution in [0.25, 0.3) is 22.3 Å². The summed E-state index contributed by atoms with van der Waals surface area (Å²) in [5.41, 5.74) is 11.4. The van der Waals surface area contributed by atoms with Gasteiger partial charge in [-0.3, -0.25) is 0 Å². The van der Waals surface area contributed by atoms with Gasteiger partial charge in [-0.2, -0.15) is 21.3 Å². The molecule has 0 atom stereocenters. The summed E-state index contributed by atoms with van der Waals surface area (Å²) in [4.78, 5) is 14.3. The average Bonchev–Trinajstić information content (AvgIpc) is 3.50. The molecule has 1 fully saturated rings. The van der Waals surface area contributed by atoms with E-state index >= 15 is 0 Å². The molecule has 1 aliphatic carbocycles. The molecule has 7 nitrogen and oxygen atoms in total. The van der Waals surface area contributed by atoms with E-state index in [4.69, 9.17) is 15.7 Å². The zero-order valence-electron chi connectivity index (χ0n) is 19.2. The van der Waals surface area contributed by atoms with E-state index in [0.29, 0.717) is 24.6 Å². The number of thiophene rings is 1. The topological polar surface area (TPSA) is 93.7 Å². The van der Waals surface area contributed by atoms with E-state index in [1.54, 1.807) is 11.3 Å². The molecule has 5 rings (SSSR count). The molecule has 4 N–H and O–H groups in total. The molecule has 0 aliphatic heterocycles. The van der Waals surface area contributed by atoms with Gasteiger partial charge in [0.15, 0.2) is 17.0 Å². The quantitative estimate of drug-likeness (QED) is 0.340. The minimum atomic E-state index is 0.264. The smallest absolute Gasteiger partial charge is 0.227 e. The van der Waals surface area contributed by atoms with Crippen molar-refractivity contribution in [1.29, 1.82) is 0 Å². The highest BCUT2D eigenvalue weighted by molar-refractivity contribution is 7.08. The molecule has 172 valence electrons. The molecule has 0 spiro atoms. The first kappa shape index (κ1) is 21.9. The van der Waals surface area contributed by atoms with E-state index < -0.39 is 0 Å². The lowest BCUT2D eigenvalue weighted by Gasteiger charge is -2.27. The normalized spacial score (nSPS) is 18.7. The number of imidazole rings is 1. The monoisotopic (exact) mass is 461 g/mol. The van der Waals surface area contributed by atoms with E-state index in [0.717, 1.165) is 42.7 Å². The van der Waals surface area contributed by atoms with Crippen molar-refractivity contribution in [2.45, 2.75) is 64.2 Å². The third-order valence-electron chi connectivity index (χ3n) is 6.32. The van der Waals surface area contributed by atoms with Crippen molar-refractivity contribution in [3.05, 3.63) is 53.0 Å². The number of rotatable bonds is 7. The highest BCUT2D eigenvalue weighted by Gasteiger charge is 2.21. The van der Waals surface area contributed by atoms with Crippen LogP contribution in [0, 0.1) is 0 Å². The number of nitrogens with zero attached hydrogens (tertiary/aromatic N) is 4. The zero-order chi connectivity index (χ0) is 22.8. The van der Waals surface area contributed by atoms with Crippen molar-refractivity contribution in [2.75, 3.05) is 10.6 Å². The summed E-state index contributed by atoms with van der Waals surface area (Å²) in [6, 6.07) is 11.7. The highest BCUT2D eigenvalue weighted by atomic mass is 32.1. The van der Waals surface area contributed by atoms with Gasteiger partial charge in [0.25, 0.3) is 0 Å². The third kappa shape index (κ3) is 4.86. The van der Waals surface area contributed by atoms with Crippen LogP contribution in [-0.4, -0.2) is 31.6 Å². The van der Waals surface area contributed by atoms with E-state index in [1.165, 1.54) is 16.7 Å². The maximum atomic E-state index is 6.08. The van der Waals surface area contributed by atoms with Gasteiger partial charge >= 0.3 is 0 Å². The van der Waals surface area contributed by atoms with Crippen molar-refractivity contribution in [3.8, 4) is 11.1 Å². The van der Waals surface area contributed by atoms with Crippen LogP contribution in [0.3, 0.4) is 0 Å². The largest absolute Gasteiger partial charge is 0.364 e. The molecular formula is C25H31N7S. The third-order valence-corrected chi connectivity index (χ3v) is 7.01. The van der Waals surface area contributed by atoms with Crippen LogP contribution in [0.2, 0.25) is 0 Å². The number of nitrogens with one attached hydrogen (secondary N) is 2. The minimum absolute atomic E-state index is 0.264. The average molecular weight is 462 g/mol. The van der Waals surface area contributed by atoms with Gasteiger partial charge in [0, 0.05) is 24.7 Å². The van der Waals surface area contributed by atoms with Gasteiger partial charge in [0.1, 0.15) is 0 Å². The van der Waals surface area contributed by atoms with Crippen molar-refractivity contribution in [3.63, 3.8) is 0 Å². The van der Waals surface area contributed by atoms with Crippen molar-refractivity contribution < 1.29 is 0 Å². The lowest BCUT2D eigenvalue weighted by molar-refractivity contribution is 0.410. The summed E-state index contributed by atoms with van der Waals surface area (Å²) in [7, 11) is 0. The Kier molecular flexibility index (Phi) is 6.28. The highest BCUT2D eigenvalue weighted by Crippen LogP contribution is 2.27. The number of aromatic nitrogens is 4. The molecular weight excluding hydrogens is 430 g/mol. The summed E-state index contributed by atoms with van der Waals surface area (Å²) >= 11 is 1.72. The van der Waals surface area contributed by atoms with Gasteiger partial charge in [0.2, 0.25) is 5.95 Å². The van der Waals surface area contributed by atoms with Crippen LogP contribution in [0.5, 0.6) is 0 Å². The molecule has 3 aromatic heterocycles. The van der Waals surface area contributed by atoms with Gasteiger partial charge in [-0.05, 0) is 79.1 Å². The molecule has 1 aliphatic rings. The van der Waals surface area contributed by atoms with Gasteiger partial charge in [-0.25, -0.2) is 4.98 Å². The molecule has 0 unspecified atom stereocenters. The Hall–Kier alpha value is -2.97. The second kappa shape index (κ2) is 9.49. The number of anilines is 2. The van der Waals surface area contributed by atoms with E-state index in [2.05, 4.69) is 75.1 Å². The molecule has 4 aromatic rings.